The van der Waals surface area contributed by atoms with Crippen molar-refractivity contribution in [2.24, 2.45) is 4.99 Å². The summed E-state index contributed by atoms with van der Waals surface area (Å²) in [6, 6.07) is 7.65. The first-order chi connectivity index (χ1) is 13.0. The molecule has 5 heteroatoms. The van der Waals surface area contributed by atoms with E-state index < -0.39 is 0 Å². The van der Waals surface area contributed by atoms with Crippen LogP contribution in [0.2, 0.25) is 0 Å². The van der Waals surface area contributed by atoms with Gasteiger partial charge in [0, 0.05) is 17.3 Å². The number of aliphatic imine (C=N–C) groups is 1. The molecule has 0 saturated heterocycles. The molecule has 1 atom stereocenters. The molecule has 0 fully saturated rings. The predicted octanol–water partition coefficient (Wildman–Crippen LogP) is 4.22. The average Bonchev–Trinajstić information content (AvgIpc) is 2.62. The van der Waals surface area contributed by atoms with Gasteiger partial charge in [0.1, 0.15) is 12.4 Å². The summed E-state index contributed by atoms with van der Waals surface area (Å²) in [6.07, 6.45) is 13.2. The normalized spacial score (nSPS) is 18.3. The molecule has 5 nitrogen and oxygen atoms in total. The fourth-order valence-electron chi connectivity index (χ4n) is 2.87. The average molecular weight is 363 g/mol. The quantitative estimate of drug-likeness (QED) is 0.769. The largest absolute Gasteiger partial charge is 0.487 e. The third-order valence-corrected chi connectivity index (χ3v) is 3.92. The molecule has 0 radical (unpaired) electrons. The van der Waals surface area contributed by atoms with Gasteiger partial charge in [0.25, 0.3) is 0 Å². The predicted molar refractivity (Wildman–Crippen MR) is 109 cm³/mol. The third-order valence-electron chi connectivity index (χ3n) is 3.92. The van der Waals surface area contributed by atoms with Crippen molar-refractivity contribution < 1.29 is 9.47 Å². The first-order valence-corrected chi connectivity index (χ1v) is 9.08. The minimum atomic E-state index is -0.0646. The van der Waals surface area contributed by atoms with Crippen molar-refractivity contribution in [1.82, 2.24) is 5.01 Å². The van der Waals surface area contributed by atoms with E-state index in [-0.39, 0.29) is 18.2 Å². The zero-order valence-corrected chi connectivity index (χ0v) is 16.1. The molecule has 1 heterocycles. The van der Waals surface area contributed by atoms with Crippen LogP contribution in [0.3, 0.4) is 0 Å². The lowest BCUT2D eigenvalue weighted by atomic mass is 9.99. The maximum absolute atomic E-state index is 6.00. The minimum absolute atomic E-state index is 0.0481. The summed E-state index contributed by atoms with van der Waals surface area (Å²) in [6.45, 7) is 8.00. The van der Waals surface area contributed by atoms with Crippen LogP contribution in [-0.4, -0.2) is 29.6 Å². The number of ether oxygens (including phenoxy) is 2. The van der Waals surface area contributed by atoms with E-state index in [1.54, 1.807) is 6.34 Å². The van der Waals surface area contributed by atoms with Crippen LogP contribution in [0.4, 0.5) is 5.69 Å². The first-order valence-electron chi connectivity index (χ1n) is 9.08. The molecule has 1 unspecified atom stereocenters. The van der Waals surface area contributed by atoms with Gasteiger partial charge < -0.3 is 9.47 Å². The summed E-state index contributed by atoms with van der Waals surface area (Å²) in [5.74, 6) is 4.12. The summed E-state index contributed by atoms with van der Waals surface area (Å²) in [5, 5.41) is 1.93. The Morgan fingerprint density at radius 1 is 1.15 bits per heavy atom. The fourth-order valence-corrected chi connectivity index (χ4v) is 2.87. The Morgan fingerprint density at radius 3 is 2.59 bits per heavy atom. The molecule has 1 aliphatic heterocycles. The van der Waals surface area contributed by atoms with Crippen LogP contribution in [0.15, 0.2) is 64.7 Å². The van der Waals surface area contributed by atoms with Gasteiger partial charge in [0.2, 0.25) is 0 Å². The highest BCUT2D eigenvalue weighted by atomic mass is 16.5. The standard InChI is InChI=1S/C22H25N3O2/c1-6-17-8-7-9-19(10-17)24-25-14-23-13-18-11-21(26-15(2)3)22(12-20(18)25)27-16(4)5/h1,7-16,20,24H,2-5H3. The lowest BCUT2D eigenvalue weighted by Crippen LogP contribution is -2.41. The number of hydrazine groups is 1. The summed E-state index contributed by atoms with van der Waals surface area (Å²) >= 11 is 0. The van der Waals surface area contributed by atoms with Gasteiger partial charge in [-0.25, -0.2) is 4.99 Å². The zero-order valence-electron chi connectivity index (χ0n) is 16.1. The molecule has 2 aliphatic rings. The number of benzene rings is 1. The molecule has 0 spiro atoms. The topological polar surface area (TPSA) is 46.1 Å². The van der Waals surface area contributed by atoms with Gasteiger partial charge >= 0.3 is 0 Å². The zero-order chi connectivity index (χ0) is 19.4. The number of rotatable bonds is 6. The first kappa shape index (κ1) is 18.7. The Labute approximate surface area is 161 Å². The maximum atomic E-state index is 6.00. The van der Waals surface area contributed by atoms with Crippen LogP contribution in [0.1, 0.15) is 33.3 Å². The molecule has 0 bridgehead atoms. The molecule has 1 aliphatic carbocycles. The number of terminal acetylenes is 1. The molecule has 1 aromatic rings. The Bertz CT molecular complexity index is 857. The number of hydrogen-bond donors (Lipinski definition) is 1. The summed E-state index contributed by atoms with van der Waals surface area (Å²) in [5.41, 5.74) is 6.09. The molecular weight excluding hydrogens is 338 g/mol. The Kier molecular flexibility index (Phi) is 5.56. The van der Waals surface area contributed by atoms with Crippen molar-refractivity contribution in [2.75, 3.05) is 5.43 Å². The Morgan fingerprint density at radius 2 is 1.89 bits per heavy atom. The van der Waals surface area contributed by atoms with Gasteiger partial charge in [0.15, 0.2) is 11.5 Å². The van der Waals surface area contributed by atoms with Crippen LogP contribution < -0.4 is 5.43 Å². The monoisotopic (exact) mass is 363 g/mol. The van der Waals surface area contributed by atoms with Crippen LogP contribution in [0.25, 0.3) is 0 Å². The molecule has 0 aromatic heterocycles. The highest BCUT2D eigenvalue weighted by Crippen LogP contribution is 2.31. The molecule has 1 N–H and O–H groups in total. The van der Waals surface area contributed by atoms with Crippen LogP contribution >= 0.6 is 0 Å². The van der Waals surface area contributed by atoms with Crippen LogP contribution in [0, 0.1) is 12.3 Å². The van der Waals surface area contributed by atoms with E-state index in [0.29, 0.717) is 0 Å². The van der Waals surface area contributed by atoms with E-state index in [2.05, 4.69) is 16.3 Å². The van der Waals surface area contributed by atoms with Gasteiger partial charge in [-0.1, -0.05) is 12.0 Å². The Hall–Kier alpha value is -3.13. The van der Waals surface area contributed by atoms with Gasteiger partial charge in [-0.15, -0.1) is 6.42 Å². The fraction of sp³-hybridized carbons (Fsp3) is 0.318. The van der Waals surface area contributed by atoms with Gasteiger partial charge in [-0.05, 0) is 58.0 Å². The second kappa shape index (κ2) is 8.05. The smallest absolute Gasteiger partial charge is 0.161 e. The maximum Gasteiger partial charge on any atom is 0.161 e. The van der Waals surface area contributed by atoms with E-state index in [4.69, 9.17) is 15.9 Å². The van der Waals surface area contributed by atoms with Gasteiger partial charge in [0.05, 0.1) is 17.9 Å². The second-order valence-electron chi connectivity index (χ2n) is 6.96. The molecule has 1 aromatic carbocycles. The van der Waals surface area contributed by atoms with E-state index in [0.717, 1.165) is 28.3 Å². The van der Waals surface area contributed by atoms with E-state index in [1.807, 2.05) is 75.3 Å². The van der Waals surface area contributed by atoms with Crippen molar-refractivity contribution in [1.29, 1.82) is 0 Å². The van der Waals surface area contributed by atoms with E-state index in [1.165, 1.54) is 0 Å². The molecule has 27 heavy (non-hydrogen) atoms. The molecule has 0 amide bonds. The van der Waals surface area contributed by atoms with Crippen molar-refractivity contribution in [3.8, 4) is 12.3 Å². The van der Waals surface area contributed by atoms with Crippen molar-refractivity contribution in [2.45, 2.75) is 45.9 Å². The molecule has 3 rings (SSSR count). The number of anilines is 1. The molecular formula is C22H25N3O2. The molecule has 0 saturated carbocycles. The van der Waals surface area contributed by atoms with Crippen molar-refractivity contribution in [3.63, 3.8) is 0 Å². The van der Waals surface area contributed by atoms with Crippen molar-refractivity contribution in [3.05, 3.63) is 65.3 Å². The van der Waals surface area contributed by atoms with Gasteiger partial charge in [-0.3, -0.25) is 10.4 Å². The highest BCUT2D eigenvalue weighted by molar-refractivity contribution is 5.66. The van der Waals surface area contributed by atoms with Gasteiger partial charge in [-0.2, -0.15) is 0 Å². The van der Waals surface area contributed by atoms with E-state index >= 15 is 0 Å². The number of fused-ring (bicyclic) bond motifs is 1. The van der Waals surface area contributed by atoms with Crippen molar-refractivity contribution >= 4 is 12.0 Å². The number of nitrogens with one attached hydrogen (secondary N) is 1. The minimum Gasteiger partial charge on any atom is -0.487 e. The number of nitrogens with zero attached hydrogens (tertiary/aromatic N) is 2. The summed E-state index contributed by atoms with van der Waals surface area (Å²) in [4.78, 5) is 4.35. The third kappa shape index (κ3) is 4.53. The summed E-state index contributed by atoms with van der Waals surface area (Å²) in [7, 11) is 0. The van der Waals surface area contributed by atoms with Crippen LogP contribution in [-0.2, 0) is 9.47 Å². The second-order valence-corrected chi connectivity index (χ2v) is 6.96. The van der Waals surface area contributed by atoms with Crippen LogP contribution in [0.5, 0.6) is 0 Å². The Balaban J connectivity index is 1.87. The summed E-state index contributed by atoms with van der Waals surface area (Å²) < 4.78 is 12.0. The lowest BCUT2D eigenvalue weighted by Gasteiger charge is -2.35. The SMILES string of the molecule is C#Cc1cccc(NN2C=NC=C3C=C(OC(C)C)C(OC(C)C)=CC32)c1. The molecule has 140 valence electrons. The lowest BCUT2D eigenvalue weighted by molar-refractivity contribution is 0.0882. The highest BCUT2D eigenvalue weighted by Gasteiger charge is 2.29. The van der Waals surface area contributed by atoms with E-state index in [9.17, 15) is 0 Å². The number of hydrogen-bond acceptors (Lipinski definition) is 5.